The van der Waals surface area contributed by atoms with Crippen molar-refractivity contribution in [3.05, 3.63) is 0 Å². The van der Waals surface area contributed by atoms with Gasteiger partial charge in [-0.2, -0.15) is 0 Å². The maximum absolute atomic E-state index is 10.1. The van der Waals surface area contributed by atoms with Crippen LogP contribution >= 0.6 is 0 Å². The van der Waals surface area contributed by atoms with E-state index in [0.29, 0.717) is 12.8 Å². The molecule has 19 heavy (non-hydrogen) atoms. The van der Waals surface area contributed by atoms with Gasteiger partial charge < -0.3 is 30.6 Å². The molecule has 2 saturated heterocycles. The summed E-state index contributed by atoms with van der Waals surface area (Å²) in [5.74, 6) is 0. The first kappa shape index (κ1) is 15.1. The van der Waals surface area contributed by atoms with Gasteiger partial charge in [0.1, 0.15) is 0 Å². The van der Waals surface area contributed by atoms with Gasteiger partial charge in [-0.05, 0) is 12.8 Å². The van der Waals surface area contributed by atoms with Gasteiger partial charge in [-0.1, -0.05) is 0 Å². The molecular formula is C12H23NO6. The molecule has 2 heterocycles. The molecule has 2 rings (SSSR count). The lowest BCUT2D eigenvalue weighted by Crippen LogP contribution is -2.49. The number of fused-ring (bicyclic) bond motifs is 1. The van der Waals surface area contributed by atoms with Crippen LogP contribution in [-0.2, 0) is 0 Å². The summed E-state index contributed by atoms with van der Waals surface area (Å²) in [6, 6.07) is -1.18. The zero-order valence-corrected chi connectivity index (χ0v) is 10.7. The average Bonchev–Trinajstić information content (AvgIpc) is 2.91. The highest BCUT2D eigenvalue weighted by molar-refractivity contribution is 5.08. The highest BCUT2D eigenvalue weighted by Crippen LogP contribution is 2.38. The predicted octanol–water partition coefficient (Wildman–Crippen LogP) is -2.98. The molecule has 6 N–H and O–H groups in total. The number of hydrogen-bond acceptors (Lipinski definition) is 7. The minimum Gasteiger partial charge on any atom is -0.395 e. The van der Waals surface area contributed by atoms with Crippen molar-refractivity contribution in [3.8, 4) is 0 Å². The first-order valence-corrected chi connectivity index (χ1v) is 6.72. The summed E-state index contributed by atoms with van der Waals surface area (Å²) >= 11 is 0. The van der Waals surface area contributed by atoms with E-state index in [9.17, 15) is 25.5 Å². The second-order valence-corrected chi connectivity index (χ2v) is 5.53. The lowest BCUT2D eigenvalue weighted by molar-refractivity contribution is -0.0210. The zero-order chi connectivity index (χ0) is 14.2. The molecule has 2 fully saturated rings. The van der Waals surface area contributed by atoms with Crippen LogP contribution in [0.15, 0.2) is 0 Å². The van der Waals surface area contributed by atoms with Crippen LogP contribution in [0.5, 0.6) is 0 Å². The van der Waals surface area contributed by atoms with E-state index in [1.54, 1.807) is 4.90 Å². The highest BCUT2D eigenvalue weighted by atomic mass is 16.3. The minimum absolute atomic E-state index is 0.0364. The van der Waals surface area contributed by atoms with Crippen LogP contribution in [0.25, 0.3) is 0 Å². The van der Waals surface area contributed by atoms with Crippen LogP contribution in [0.1, 0.15) is 19.3 Å². The second-order valence-electron chi connectivity index (χ2n) is 5.53. The molecule has 2 aliphatic rings. The van der Waals surface area contributed by atoms with Gasteiger partial charge in [-0.25, -0.2) is 0 Å². The lowest BCUT2D eigenvalue weighted by atomic mass is 9.98. The standard InChI is InChI=1S/C12H23NO6/c14-4-6(16)3-10(17)7-1-2-8-11(18)12(19)9(5-15)13(7)8/h6-12,14-19H,1-5H2/t6-,7+,8-,9-,10-,11+,12-/m1/s1. The fourth-order valence-corrected chi connectivity index (χ4v) is 3.46. The largest absolute Gasteiger partial charge is 0.395 e. The summed E-state index contributed by atoms with van der Waals surface area (Å²) in [5.41, 5.74) is 0. The summed E-state index contributed by atoms with van der Waals surface area (Å²) in [4.78, 5) is 1.77. The maximum atomic E-state index is 10.1. The van der Waals surface area contributed by atoms with E-state index in [2.05, 4.69) is 0 Å². The van der Waals surface area contributed by atoms with Crippen LogP contribution in [0.2, 0.25) is 0 Å². The van der Waals surface area contributed by atoms with Crippen molar-refractivity contribution in [2.75, 3.05) is 13.2 Å². The van der Waals surface area contributed by atoms with Crippen molar-refractivity contribution < 1.29 is 30.6 Å². The van der Waals surface area contributed by atoms with Crippen LogP contribution in [0.4, 0.5) is 0 Å². The fourth-order valence-electron chi connectivity index (χ4n) is 3.46. The predicted molar refractivity (Wildman–Crippen MR) is 65.3 cm³/mol. The maximum Gasteiger partial charge on any atom is 0.0991 e. The smallest absolute Gasteiger partial charge is 0.0991 e. The Kier molecular flexibility index (Phi) is 4.78. The molecule has 2 aliphatic heterocycles. The number of hydrogen-bond donors (Lipinski definition) is 6. The van der Waals surface area contributed by atoms with E-state index in [0.717, 1.165) is 0 Å². The van der Waals surface area contributed by atoms with E-state index in [-0.39, 0.29) is 25.1 Å². The van der Waals surface area contributed by atoms with Gasteiger partial charge in [0, 0.05) is 18.5 Å². The van der Waals surface area contributed by atoms with Gasteiger partial charge in [0.15, 0.2) is 0 Å². The van der Waals surface area contributed by atoms with E-state index in [4.69, 9.17) is 5.11 Å². The lowest BCUT2D eigenvalue weighted by Gasteiger charge is -2.33. The van der Waals surface area contributed by atoms with Crippen molar-refractivity contribution >= 4 is 0 Å². The van der Waals surface area contributed by atoms with E-state index in [1.807, 2.05) is 0 Å². The molecule has 7 atom stereocenters. The first-order valence-electron chi connectivity index (χ1n) is 6.72. The van der Waals surface area contributed by atoms with Gasteiger partial charge in [0.2, 0.25) is 0 Å². The second kappa shape index (κ2) is 6.01. The van der Waals surface area contributed by atoms with Gasteiger partial charge in [0.25, 0.3) is 0 Å². The van der Waals surface area contributed by atoms with Crippen LogP contribution in [0, 0.1) is 0 Å². The molecule has 7 heteroatoms. The average molecular weight is 277 g/mol. The molecule has 0 unspecified atom stereocenters. The molecule has 0 aromatic heterocycles. The summed E-state index contributed by atoms with van der Waals surface area (Å²) in [7, 11) is 0. The molecule has 0 saturated carbocycles. The topological polar surface area (TPSA) is 125 Å². The Balaban J connectivity index is 2.07. The summed E-state index contributed by atoms with van der Waals surface area (Å²) < 4.78 is 0. The van der Waals surface area contributed by atoms with Crippen LogP contribution < -0.4 is 0 Å². The van der Waals surface area contributed by atoms with Gasteiger partial charge >= 0.3 is 0 Å². The summed E-state index contributed by atoms with van der Waals surface area (Å²) in [6.07, 6.45) is -2.49. The molecule has 112 valence electrons. The third-order valence-corrected chi connectivity index (χ3v) is 4.40. The van der Waals surface area contributed by atoms with Crippen LogP contribution in [0.3, 0.4) is 0 Å². The molecule has 0 radical (unpaired) electrons. The Morgan fingerprint density at radius 3 is 2.32 bits per heavy atom. The molecular weight excluding hydrogens is 254 g/mol. The fraction of sp³-hybridized carbons (Fsp3) is 1.00. The van der Waals surface area contributed by atoms with Crippen molar-refractivity contribution in [2.24, 2.45) is 0 Å². The Morgan fingerprint density at radius 1 is 1.05 bits per heavy atom. The summed E-state index contributed by atoms with van der Waals surface area (Å²) in [5, 5.41) is 57.4. The molecule has 7 nitrogen and oxygen atoms in total. The quantitative estimate of drug-likeness (QED) is 0.317. The SMILES string of the molecule is OC[C@H](O)C[C@@H](O)[C@@H]1CC[C@@H]2[C@H](O)[C@H](O)[C@@H](CO)N21. The third kappa shape index (κ3) is 2.64. The highest BCUT2D eigenvalue weighted by Gasteiger charge is 2.54. The van der Waals surface area contributed by atoms with Gasteiger partial charge in [-0.15, -0.1) is 0 Å². The summed E-state index contributed by atoms with van der Waals surface area (Å²) in [6.45, 7) is -0.706. The van der Waals surface area contributed by atoms with Gasteiger partial charge in [-0.3, -0.25) is 4.90 Å². The zero-order valence-electron chi connectivity index (χ0n) is 10.7. The molecule has 0 bridgehead atoms. The van der Waals surface area contributed by atoms with Crippen molar-refractivity contribution in [3.63, 3.8) is 0 Å². The van der Waals surface area contributed by atoms with E-state index in [1.165, 1.54) is 0 Å². The Labute approximate surface area is 111 Å². The van der Waals surface area contributed by atoms with Crippen molar-refractivity contribution in [1.82, 2.24) is 4.90 Å². The monoisotopic (exact) mass is 277 g/mol. The third-order valence-electron chi connectivity index (χ3n) is 4.40. The molecule has 0 aromatic rings. The minimum atomic E-state index is -1.02. The molecule has 0 aliphatic carbocycles. The van der Waals surface area contributed by atoms with E-state index < -0.39 is 37.1 Å². The molecule has 0 amide bonds. The number of nitrogens with zero attached hydrogens (tertiary/aromatic N) is 1. The van der Waals surface area contributed by atoms with Crippen LogP contribution in [-0.4, -0.2) is 91.3 Å². The normalized spacial score (nSPS) is 42.3. The van der Waals surface area contributed by atoms with Crippen molar-refractivity contribution in [1.29, 1.82) is 0 Å². The number of aliphatic hydroxyl groups is 6. The molecule has 0 aromatic carbocycles. The number of rotatable bonds is 5. The molecule has 0 spiro atoms. The Bertz CT molecular complexity index is 302. The first-order chi connectivity index (χ1) is 9.01. The number of aliphatic hydroxyl groups excluding tert-OH is 6. The van der Waals surface area contributed by atoms with Crippen molar-refractivity contribution in [2.45, 2.75) is 61.8 Å². The van der Waals surface area contributed by atoms with E-state index >= 15 is 0 Å². The van der Waals surface area contributed by atoms with Gasteiger partial charge in [0.05, 0.1) is 43.7 Å². The Morgan fingerprint density at radius 2 is 1.74 bits per heavy atom. The Hall–Kier alpha value is -0.280.